The number of unbranched alkanes of at least 4 members (excludes halogenated alkanes) is 15. The molecule has 0 aliphatic heterocycles. The second-order valence-corrected chi connectivity index (χ2v) is 14.0. The quantitative estimate of drug-likeness (QED) is 0.0565. The van der Waals surface area contributed by atoms with E-state index >= 15 is 0 Å². The molecule has 0 aliphatic carbocycles. The third-order valence-corrected chi connectivity index (χ3v) is 8.83. The molecular weight excluding hydrogens is 755 g/mol. The summed E-state index contributed by atoms with van der Waals surface area (Å²) < 4.78 is 82.8. The molecule has 0 bridgehead atoms. The standard InChI is InChI=1S/C44H89FO13/c1-2-3-4-5-6-7-8-9-10-11-12-13-14-15-16-17-19-46-21-23-48-25-27-50-29-31-52-33-35-54-37-39-56-41-43-58-44-42-57-40-38-55-36-34-53-32-30-51-28-26-49-24-22-47-20-18-45/h2-44H2,1H3. The number of hydrogen-bond acceptors (Lipinski definition) is 13. The van der Waals surface area contributed by atoms with Crippen molar-refractivity contribution in [2.75, 3.05) is 178 Å². The Morgan fingerprint density at radius 3 is 0.534 bits per heavy atom. The van der Waals surface area contributed by atoms with E-state index in [2.05, 4.69) is 6.92 Å². The van der Waals surface area contributed by atoms with Crippen LogP contribution in [0.3, 0.4) is 0 Å². The van der Waals surface area contributed by atoms with Crippen LogP contribution in [0.15, 0.2) is 0 Å². The lowest BCUT2D eigenvalue weighted by molar-refractivity contribution is -0.0291. The van der Waals surface area contributed by atoms with Crippen molar-refractivity contribution < 1.29 is 66.0 Å². The van der Waals surface area contributed by atoms with Crippen molar-refractivity contribution in [1.82, 2.24) is 0 Å². The molecule has 0 fully saturated rings. The van der Waals surface area contributed by atoms with E-state index in [0.717, 1.165) is 13.0 Å². The van der Waals surface area contributed by atoms with Crippen molar-refractivity contribution in [1.29, 1.82) is 0 Å². The summed E-state index contributed by atoms with van der Waals surface area (Å²) in [6.45, 7) is 15.0. The Hall–Kier alpha value is -0.590. The van der Waals surface area contributed by atoms with Gasteiger partial charge in [0.15, 0.2) is 0 Å². The van der Waals surface area contributed by atoms with Crippen molar-refractivity contribution in [3.8, 4) is 0 Å². The van der Waals surface area contributed by atoms with E-state index in [1.54, 1.807) is 0 Å². The first-order chi connectivity index (χ1) is 28.9. The van der Waals surface area contributed by atoms with Crippen LogP contribution in [0.1, 0.15) is 110 Å². The highest BCUT2D eigenvalue weighted by Crippen LogP contribution is 2.13. The van der Waals surface area contributed by atoms with Crippen molar-refractivity contribution in [2.24, 2.45) is 0 Å². The summed E-state index contributed by atoms with van der Waals surface area (Å²) in [6.07, 6.45) is 22.1. The first-order valence-electron chi connectivity index (χ1n) is 23.0. The summed E-state index contributed by atoms with van der Waals surface area (Å²) in [5.74, 6) is 0. The summed E-state index contributed by atoms with van der Waals surface area (Å²) in [4.78, 5) is 0. The van der Waals surface area contributed by atoms with Crippen LogP contribution in [-0.4, -0.2) is 178 Å². The zero-order chi connectivity index (χ0) is 41.6. The van der Waals surface area contributed by atoms with Crippen LogP contribution in [0, 0.1) is 0 Å². The van der Waals surface area contributed by atoms with E-state index in [1.807, 2.05) is 0 Å². The predicted octanol–water partition coefficient (Wildman–Crippen LogP) is 7.43. The van der Waals surface area contributed by atoms with Gasteiger partial charge in [0.2, 0.25) is 0 Å². The molecule has 58 heavy (non-hydrogen) atoms. The smallest absolute Gasteiger partial charge is 0.113 e. The molecule has 0 saturated carbocycles. The molecule has 0 rings (SSSR count). The predicted molar refractivity (Wildman–Crippen MR) is 226 cm³/mol. The third-order valence-electron chi connectivity index (χ3n) is 8.83. The van der Waals surface area contributed by atoms with E-state index < -0.39 is 6.67 Å². The van der Waals surface area contributed by atoms with Gasteiger partial charge in [0.25, 0.3) is 0 Å². The maximum atomic E-state index is 11.9. The summed E-state index contributed by atoms with van der Waals surface area (Å²) in [5, 5.41) is 0. The van der Waals surface area contributed by atoms with Gasteiger partial charge in [0.05, 0.1) is 165 Å². The van der Waals surface area contributed by atoms with Crippen LogP contribution < -0.4 is 0 Å². The molecule has 0 aromatic heterocycles. The Bertz CT molecular complexity index is 646. The SMILES string of the molecule is CCCCCCCCCCCCCCCCCCOCCOCCOCCOCCOCCOCCOCCOCCOCCOCCOCCOCCOCCF. The molecule has 0 spiro atoms. The molecule has 0 aromatic carbocycles. The second kappa shape index (κ2) is 56.4. The van der Waals surface area contributed by atoms with E-state index in [9.17, 15) is 4.39 Å². The molecule has 13 nitrogen and oxygen atoms in total. The fraction of sp³-hybridized carbons (Fsp3) is 1.00. The van der Waals surface area contributed by atoms with Crippen LogP contribution in [-0.2, 0) is 61.6 Å². The van der Waals surface area contributed by atoms with E-state index in [0.29, 0.717) is 159 Å². The average Bonchev–Trinajstić information content (AvgIpc) is 3.23. The normalized spacial score (nSPS) is 11.7. The molecule has 0 N–H and O–H groups in total. The Morgan fingerprint density at radius 1 is 0.190 bits per heavy atom. The van der Waals surface area contributed by atoms with Gasteiger partial charge in [-0.1, -0.05) is 103 Å². The first kappa shape index (κ1) is 57.4. The largest absolute Gasteiger partial charge is 0.379 e. The van der Waals surface area contributed by atoms with E-state index in [1.165, 1.54) is 96.3 Å². The summed E-state index contributed by atoms with van der Waals surface area (Å²) in [6, 6.07) is 0. The van der Waals surface area contributed by atoms with Gasteiger partial charge in [-0.3, -0.25) is 0 Å². The second-order valence-electron chi connectivity index (χ2n) is 14.0. The lowest BCUT2D eigenvalue weighted by atomic mass is 10.0. The summed E-state index contributed by atoms with van der Waals surface area (Å²) in [7, 11) is 0. The van der Waals surface area contributed by atoms with Crippen molar-refractivity contribution in [3.05, 3.63) is 0 Å². The lowest BCUT2D eigenvalue weighted by Gasteiger charge is -2.09. The Kier molecular flexibility index (Phi) is 55.8. The van der Waals surface area contributed by atoms with Crippen LogP contribution >= 0.6 is 0 Å². The number of hydrogen-bond donors (Lipinski definition) is 0. The molecule has 0 unspecified atom stereocenters. The number of alkyl halides is 1. The molecule has 0 saturated heterocycles. The van der Waals surface area contributed by atoms with Crippen molar-refractivity contribution >= 4 is 0 Å². The van der Waals surface area contributed by atoms with Crippen molar-refractivity contribution in [3.63, 3.8) is 0 Å². The van der Waals surface area contributed by atoms with Crippen LogP contribution in [0.25, 0.3) is 0 Å². The van der Waals surface area contributed by atoms with Gasteiger partial charge in [-0.2, -0.15) is 0 Å². The van der Waals surface area contributed by atoms with Crippen molar-refractivity contribution in [2.45, 2.75) is 110 Å². The molecular formula is C44H89FO13. The minimum atomic E-state index is -0.474. The molecule has 350 valence electrons. The lowest BCUT2D eigenvalue weighted by Crippen LogP contribution is -2.15. The van der Waals surface area contributed by atoms with Crippen LogP contribution in [0.4, 0.5) is 4.39 Å². The van der Waals surface area contributed by atoms with Gasteiger partial charge in [-0.25, -0.2) is 4.39 Å². The zero-order valence-corrected chi connectivity index (χ0v) is 37.1. The number of halogens is 1. The molecule has 0 amide bonds. The van der Waals surface area contributed by atoms with E-state index in [4.69, 9.17) is 61.6 Å². The molecule has 0 aromatic rings. The third kappa shape index (κ3) is 55.4. The maximum Gasteiger partial charge on any atom is 0.113 e. The highest BCUT2D eigenvalue weighted by Gasteiger charge is 1.99. The van der Waals surface area contributed by atoms with E-state index in [-0.39, 0.29) is 6.61 Å². The topological polar surface area (TPSA) is 120 Å². The van der Waals surface area contributed by atoms with Gasteiger partial charge in [0, 0.05) is 6.61 Å². The zero-order valence-electron chi connectivity index (χ0n) is 37.1. The van der Waals surface area contributed by atoms with Gasteiger partial charge >= 0.3 is 0 Å². The Morgan fingerprint density at radius 2 is 0.345 bits per heavy atom. The average molecular weight is 845 g/mol. The summed E-state index contributed by atoms with van der Waals surface area (Å²) >= 11 is 0. The minimum Gasteiger partial charge on any atom is -0.379 e. The van der Waals surface area contributed by atoms with Crippen LogP contribution in [0.2, 0.25) is 0 Å². The van der Waals surface area contributed by atoms with Gasteiger partial charge < -0.3 is 61.6 Å². The molecule has 0 atom stereocenters. The van der Waals surface area contributed by atoms with Gasteiger partial charge in [-0.15, -0.1) is 0 Å². The fourth-order valence-corrected chi connectivity index (χ4v) is 5.55. The first-order valence-corrected chi connectivity index (χ1v) is 23.0. The van der Waals surface area contributed by atoms with Crippen LogP contribution in [0.5, 0.6) is 0 Å². The Labute approximate surface area is 353 Å². The maximum absolute atomic E-state index is 11.9. The monoisotopic (exact) mass is 845 g/mol. The number of rotatable bonds is 55. The molecule has 0 radical (unpaired) electrons. The molecule has 14 heteroatoms. The van der Waals surface area contributed by atoms with Gasteiger partial charge in [0.1, 0.15) is 6.67 Å². The minimum absolute atomic E-state index is 0.114. The summed E-state index contributed by atoms with van der Waals surface area (Å²) in [5.41, 5.74) is 0. The highest BCUT2D eigenvalue weighted by molar-refractivity contribution is 4.50. The molecule has 0 heterocycles. The fourth-order valence-electron chi connectivity index (χ4n) is 5.55. The molecule has 0 aliphatic rings. The van der Waals surface area contributed by atoms with Gasteiger partial charge in [-0.05, 0) is 6.42 Å². The highest BCUT2D eigenvalue weighted by atomic mass is 19.1. The number of ether oxygens (including phenoxy) is 13. The Balaban J connectivity index is 3.05.